The number of carbonyl (C=O) groups is 1. The predicted molar refractivity (Wildman–Crippen MR) is 373 cm³/mol. The summed E-state index contributed by atoms with van der Waals surface area (Å²) >= 11 is 0. The summed E-state index contributed by atoms with van der Waals surface area (Å²) in [5, 5.41) is 54.7. The molecule has 0 aromatic carbocycles. The van der Waals surface area contributed by atoms with Crippen molar-refractivity contribution < 1.29 is 39.8 Å². The number of nitrogens with one attached hydrogen (secondary N) is 1. The van der Waals surface area contributed by atoms with Gasteiger partial charge in [0.2, 0.25) is 5.91 Å². The molecule has 1 rings (SSSR count). The van der Waals surface area contributed by atoms with E-state index in [4.69, 9.17) is 9.47 Å². The van der Waals surface area contributed by atoms with Gasteiger partial charge in [-0.15, -0.1) is 0 Å². The number of ether oxygens (including phenoxy) is 2. The van der Waals surface area contributed by atoms with Crippen LogP contribution in [-0.4, -0.2) is 87.5 Å². The van der Waals surface area contributed by atoms with E-state index < -0.39 is 49.5 Å². The first-order valence-electron chi connectivity index (χ1n) is 36.3. The molecule has 1 heterocycles. The van der Waals surface area contributed by atoms with Crippen LogP contribution in [0.5, 0.6) is 0 Å². The fourth-order valence-electron chi connectivity index (χ4n) is 10.9. The highest BCUT2D eigenvalue weighted by molar-refractivity contribution is 5.76. The number of amides is 1. The third-order valence-corrected chi connectivity index (χ3v) is 16.5. The van der Waals surface area contributed by atoms with Crippen molar-refractivity contribution in [2.45, 2.75) is 352 Å². The van der Waals surface area contributed by atoms with Crippen molar-refractivity contribution in [3.8, 4) is 0 Å². The lowest BCUT2D eigenvalue weighted by Gasteiger charge is -2.40. The maximum absolute atomic E-state index is 13.1. The molecule has 0 aromatic rings. The monoisotopic (exact) mass is 1210 g/mol. The van der Waals surface area contributed by atoms with Crippen LogP contribution in [0.3, 0.4) is 0 Å². The van der Waals surface area contributed by atoms with E-state index in [0.717, 1.165) is 89.9 Å². The van der Waals surface area contributed by atoms with Crippen molar-refractivity contribution in [3.05, 3.63) is 122 Å². The zero-order valence-electron chi connectivity index (χ0n) is 56.0. The summed E-state index contributed by atoms with van der Waals surface area (Å²) in [5.74, 6) is -0.187. The molecule has 6 N–H and O–H groups in total. The first kappa shape index (κ1) is 81.6. The van der Waals surface area contributed by atoms with Crippen molar-refractivity contribution in [3.63, 3.8) is 0 Å². The average molecular weight is 1210 g/mol. The molecule has 1 amide bonds. The lowest BCUT2D eigenvalue weighted by molar-refractivity contribution is -0.302. The van der Waals surface area contributed by atoms with Gasteiger partial charge < -0.3 is 40.3 Å². The molecule has 500 valence electrons. The third kappa shape index (κ3) is 54.1. The zero-order valence-corrected chi connectivity index (χ0v) is 56.0. The van der Waals surface area contributed by atoms with Gasteiger partial charge >= 0.3 is 0 Å². The minimum absolute atomic E-state index is 0.187. The highest BCUT2D eigenvalue weighted by Crippen LogP contribution is 2.23. The van der Waals surface area contributed by atoms with Crippen molar-refractivity contribution in [2.24, 2.45) is 0 Å². The summed E-state index contributed by atoms with van der Waals surface area (Å²) in [6.45, 7) is 3.67. The van der Waals surface area contributed by atoms with Crippen LogP contribution in [0.15, 0.2) is 122 Å². The molecular formula is C78H135NO8. The van der Waals surface area contributed by atoms with E-state index in [1.165, 1.54) is 199 Å². The van der Waals surface area contributed by atoms with E-state index in [2.05, 4.69) is 129 Å². The van der Waals surface area contributed by atoms with Gasteiger partial charge in [0.1, 0.15) is 24.4 Å². The Balaban J connectivity index is 2.12. The average Bonchev–Trinajstić information content (AvgIpc) is 3.47. The standard InChI is InChI=1S/C78H135NO8/c1-3-5-7-9-11-13-15-17-19-21-23-25-27-28-29-30-31-32-33-34-35-36-37-38-39-40-41-42-43-44-46-48-50-52-54-56-58-60-62-64-66-68-74(82)79-71(70-86-78-77(85)76(84)75(83)73(69-80)87-78)72(81)67-65-63-61-59-57-55-53-51-49-47-45-26-24-22-20-18-16-14-12-10-8-6-4-2/h5,7,11,13,17,19,23,25,28-29,31-32,34-35,37-38,57,59,65,67,71-73,75-78,80-81,83-85H,3-4,6,8-10,12,14-16,18,20-22,24,26-27,30,33,36,39-56,58,60-64,66,68-70H2,1-2H3,(H,79,82)/b7-5-,13-11-,19-17-,25-23-,29-28-,32-31-,35-34-,38-37-,59-57+,67-65+. The first-order chi connectivity index (χ1) is 42.8. The van der Waals surface area contributed by atoms with E-state index in [1.54, 1.807) is 6.08 Å². The molecular weight excluding hydrogens is 1080 g/mol. The molecule has 7 unspecified atom stereocenters. The number of carbonyl (C=O) groups excluding carboxylic acids is 1. The molecule has 0 bridgehead atoms. The Hall–Kier alpha value is -3.41. The first-order valence-corrected chi connectivity index (χ1v) is 36.3. The van der Waals surface area contributed by atoms with Crippen LogP contribution in [0.4, 0.5) is 0 Å². The molecule has 0 radical (unpaired) electrons. The van der Waals surface area contributed by atoms with Crippen LogP contribution in [0.25, 0.3) is 0 Å². The largest absolute Gasteiger partial charge is 0.394 e. The van der Waals surface area contributed by atoms with Crippen LogP contribution >= 0.6 is 0 Å². The Labute approximate surface area is 535 Å². The predicted octanol–water partition coefficient (Wildman–Crippen LogP) is 20.2. The second kappa shape index (κ2) is 65.5. The number of hydrogen-bond acceptors (Lipinski definition) is 8. The second-order valence-corrected chi connectivity index (χ2v) is 24.6. The maximum atomic E-state index is 13.1. The van der Waals surface area contributed by atoms with E-state index in [-0.39, 0.29) is 12.5 Å². The molecule has 1 fully saturated rings. The Morgan fingerprint density at radius 1 is 0.402 bits per heavy atom. The van der Waals surface area contributed by atoms with Gasteiger partial charge in [-0.05, 0) is 96.3 Å². The summed E-state index contributed by atoms with van der Waals surface area (Å²) in [6.07, 6.45) is 91.7. The molecule has 0 spiro atoms. The molecule has 0 aromatic heterocycles. The fraction of sp³-hybridized carbons (Fsp3) is 0.731. The summed E-state index contributed by atoms with van der Waals surface area (Å²) in [5.41, 5.74) is 0. The number of aliphatic hydroxyl groups excluding tert-OH is 5. The van der Waals surface area contributed by atoms with Crippen LogP contribution in [0.2, 0.25) is 0 Å². The number of rotatable bonds is 62. The van der Waals surface area contributed by atoms with E-state index >= 15 is 0 Å². The van der Waals surface area contributed by atoms with Crippen LogP contribution < -0.4 is 5.32 Å². The fourth-order valence-corrected chi connectivity index (χ4v) is 10.9. The molecule has 1 saturated heterocycles. The molecule has 9 heteroatoms. The van der Waals surface area contributed by atoms with Gasteiger partial charge in [-0.2, -0.15) is 0 Å². The third-order valence-electron chi connectivity index (χ3n) is 16.5. The van der Waals surface area contributed by atoms with Gasteiger partial charge in [-0.25, -0.2) is 0 Å². The molecule has 9 nitrogen and oxygen atoms in total. The Morgan fingerprint density at radius 3 is 1.10 bits per heavy atom. The van der Waals surface area contributed by atoms with Crippen molar-refractivity contribution in [2.75, 3.05) is 13.2 Å². The second-order valence-electron chi connectivity index (χ2n) is 24.6. The van der Waals surface area contributed by atoms with E-state index in [1.807, 2.05) is 6.08 Å². The minimum atomic E-state index is -1.58. The van der Waals surface area contributed by atoms with Gasteiger partial charge in [0, 0.05) is 6.42 Å². The number of aliphatic hydroxyl groups is 5. The molecule has 0 aliphatic carbocycles. The van der Waals surface area contributed by atoms with Gasteiger partial charge in [-0.1, -0.05) is 328 Å². The molecule has 87 heavy (non-hydrogen) atoms. The molecule has 7 atom stereocenters. The zero-order chi connectivity index (χ0) is 62.8. The summed E-state index contributed by atoms with van der Waals surface area (Å²) < 4.78 is 11.3. The summed E-state index contributed by atoms with van der Waals surface area (Å²) in [6, 6.07) is -0.829. The Morgan fingerprint density at radius 2 is 0.724 bits per heavy atom. The highest BCUT2D eigenvalue weighted by atomic mass is 16.7. The smallest absolute Gasteiger partial charge is 0.220 e. The van der Waals surface area contributed by atoms with Crippen molar-refractivity contribution >= 4 is 5.91 Å². The highest BCUT2D eigenvalue weighted by Gasteiger charge is 2.44. The summed E-state index contributed by atoms with van der Waals surface area (Å²) in [7, 11) is 0. The summed E-state index contributed by atoms with van der Waals surface area (Å²) in [4.78, 5) is 13.1. The molecule has 1 aliphatic heterocycles. The lowest BCUT2D eigenvalue weighted by Crippen LogP contribution is -2.60. The quantitative estimate of drug-likeness (QED) is 0.0261. The van der Waals surface area contributed by atoms with Gasteiger partial charge in [0.25, 0.3) is 0 Å². The number of hydrogen-bond donors (Lipinski definition) is 6. The van der Waals surface area contributed by atoms with Gasteiger partial charge in [0.15, 0.2) is 6.29 Å². The van der Waals surface area contributed by atoms with Gasteiger partial charge in [0.05, 0.1) is 25.4 Å². The van der Waals surface area contributed by atoms with Crippen LogP contribution in [0, 0.1) is 0 Å². The Kier molecular flexibility index (Phi) is 61.5. The van der Waals surface area contributed by atoms with E-state index in [0.29, 0.717) is 6.42 Å². The SMILES string of the molecule is CC/C=C\C/C=C\C/C=C\C/C=C\C/C=C\C/C=C\C/C=C\C/C=C\CCCCCCCCCCCCCCCCCCC(=O)NC(COC1OC(CO)C(O)C(O)C1O)C(O)/C=C/CC/C=C/CCCCCCCCCCCCCCCCCCC. The van der Waals surface area contributed by atoms with E-state index in [9.17, 15) is 30.3 Å². The topological polar surface area (TPSA) is 149 Å². The normalized spacial score (nSPS) is 18.7. The number of allylic oxidation sites excluding steroid dienone is 19. The maximum Gasteiger partial charge on any atom is 0.220 e. The number of unbranched alkanes of at least 4 members (excludes halogenated alkanes) is 34. The van der Waals surface area contributed by atoms with Gasteiger partial charge in [-0.3, -0.25) is 4.79 Å². The van der Waals surface area contributed by atoms with Crippen LogP contribution in [-0.2, 0) is 14.3 Å². The Bertz CT molecular complexity index is 1790. The van der Waals surface area contributed by atoms with Crippen LogP contribution in [0.1, 0.15) is 309 Å². The molecule has 1 aliphatic rings. The van der Waals surface area contributed by atoms with Crippen molar-refractivity contribution in [1.29, 1.82) is 0 Å². The van der Waals surface area contributed by atoms with Crippen molar-refractivity contribution in [1.82, 2.24) is 5.32 Å². The minimum Gasteiger partial charge on any atom is -0.394 e. The lowest BCUT2D eigenvalue weighted by atomic mass is 9.99. The molecule has 0 saturated carbocycles.